The Bertz CT molecular complexity index is 692. The molecule has 0 atom stereocenters. The molecule has 2 aromatic heterocycles. The monoisotopic (exact) mass is 270 g/mol. The number of nitrogens with one attached hydrogen (secondary N) is 2. The van der Waals surface area contributed by atoms with Crippen molar-refractivity contribution in [3.8, 4) is 0 Å². The number of rotatable bonds is 4. The molecule has 0 bridgehead atoms. The lowest BCUT2D eigenvalue weighted by atomic mass is 10.2. The number of fused-ring (bicyclic) bond motifs is 1. The lowest BCUT2D eigenvalue weighted by Crippen LogP contribution is -2.01. The molecule has 0 spiro atoms. The van der Waals surface area contributed by atoms with Crippen molar-refractivity contribution in [2.45, 2.75) is 6.92 Å². The first-order valence-electron chi connectivity index (χ1n) is 6.15. The van der Waals surface area contributed by atoms with E-state index in [1.54, 1.807) is 17.7 Å². The van der Waals surface area contributed by atoms with E-state index < -0.39 is 0 Å². The fourth-order valence-electron chi connectivity index (χ4n) is 1.90. The van der Waals surface area contributed by atoms with E-state index in [9.17, 15) is 0 Å². The van der Waals surface area contributed by atoms with Crippen LogP contribution >= 0.6 is 11.3 Å². The van der Waals surface area contributed by atoms with Gasteiger partial charge in [0.2, 0.25) is 0 Å². The van der Waals surface area contributed by atoms with Gasteiger partial charge in [-0.15, -0.1) is 11.3 Å². The van der Waals surface area contributed by atoms with Crippen LogP contribution in [0.1, 0.15) is 6.92 Å². The summed E-state index contributed by atoms with van der Waals surface area (Å²) in [6.07, 6.45) is 1.56. The van der Waals surface area contributed by atoms with E-state index >= 15 is 0 Å². The van der Waals surface area contributed by atoms with Crippen molar-refractivity contribution in [2.75, 3.05) is 17.2 Å². The standard InChI is InChI=1S/C14H14N4S/c1-2-15-13-8-14(17-9-16-13)18-11-3-4-12-10(7-11)5-6-19-12/h3-9H,2H2,1H3,(H2,15,16,17,18). The lowest BCUT2D eigenvalue weighted by Gasteiger charge is -2.07. The van der Waals surface area contributed by atoms with E-state index in [0.29, 0.717) is 0 Å². The molecular formula is C14H14N4S. The smallest absolute Gasteiger partial charge is 0.135 e. The molecule has 0 aliphatic rings. The Morgan fingerprint density at radius 3 is 2.89 bits per heavy atom. The van der Waals surface area contributed by atoms with Crippen molar-refractivity contribution in [3.63, 3.8) is 0 Å². The molecule has 0 saturated heterocycles. The average Bonchev–Trinajstić information content (AvgIpc) is 2.87. The van der Waals surface area contributed by atoms with E-state index in [4.69, 9.17) is 0 Å². The van der Waals surface area contributed by atoms with Gasteiger partial charge in [0.1, 0.15) is 18.0 Å². The second-order valence-electron chi connectivity index (χ2n) is 4.12. The molecule has 0 saturated carbocycles. The van der Waals surface area contributed by atoms with Crippen LogP contribution in [0.5, 0.6) is 0 Å². The van der Waals surface area contributed by atoms with Gasteiger partial charge in [-0.05, 0) is 42.0 Å². The summed E-state index contributed by atoms with van der Waals surface area (Å²) >= 11 is 1.75. The highest BCUT2D eigenvalue weighted by atomic mass is 32.1. The predicted octanol–water partition coefficient (Wildman–Crippen LogP) is 3.87. The van der Waals surface area contributed by atoms with E-state index in [1.165, 1.54) is 10.1 Å². The fourth-order valence-corrected chi connectivity index (χ4v) is 2.67. The van der Waals surface area contributed by atoms with E-state index in [0.717, 1.165) is 23.9 Å². The minimum absolute atomic E-state index is 0.792. The van der Waals surface area contributed by atoms with Crippen LogP contribution in [0.2, 0.25) is 0 Å². The Labute approximate surface area is 115 Å². The zero-order valence-corrected chi connectivity index (χ0v) is 11.4. The first-order chi connectivity index (χ1) is 9.35. The molecule has 19 heavy (non-hydrogen) atoms. The molecule has 0 radical (unpaired) electrons. The number of anilines is 3. The molecule has 4 nitrogen and oxygen atoms in total. The number of nitrogens with zero attached hydrogens (tertiary/aromatic N) is 2. The molecule has 2 heterocycles. The zero-order valence-electron chi connectivity index (χ0n) is 10.6. The molecular weight excluding hydrogens is 256 g/mol. The molecule has 0 amide bonds. The molecule has 3 rings (SSSR count). The number of thiophene rings is 1. The summed E-state index contributed by atoms with van der Waals surface area (Å²) < 4.78 is 1.29. The summed E-state index contributed by atoms with van der Waals surface area (Å²) in [5.74, 6) is 1.62. The minimum Gasteiger partial charge on any atom is -0.370 e. The van der Waals surface area contributed by atoms with E-state index in [-0.39, 0.29) is 0 Å². The lowest BCUT2D eigenvalue weighted by molar-refractivity contribution is 1.11. The van der Waals surface area contributed by atoms with Gasteiger partial charge in [0, 0.05) is 23.0 Å². The summed E-state index contributed by atoms with van der Waals surface area (Å²) in [5, 5.41) is 9.81. The van der Waals surface area contributed by atoms with Gasteiger partial charge in [-0.2, -0.15) is 0 Å². The third-order valence-electron chi connectivity index (χ3n) is 2.75. The van der Waals surface area contributed by atoms with Gasteiger partial charge in [-0.3, -0.25) is 0 Å². The maximum Gasteiger partial charge on any atom is 0.135 e. The Kier molecular flexibility index (Phi) is 3.29. The quantitative estimate of drug-likeness (QED) is 0.755. The Morgan fingerprint density at radius 2 is 2.00 bits per heavy atom. The summed E-state index contributed by atoms with van der Waals surface area (Å²) in [6.45, 7) is 2.89. The zero-order chi connectivity index (χ0) is 13.1. The molecule has 0 unspecified atom stereocenters. The van der Waals surface area contributed by atoms with Gasteiger partial charge >= 0.3 is 0 Å². The van der Waals surface area contributed by atoms with Crippen molar-refractivity contribution in [1.82, 2.24) is 9.97 Å². The predicted molar refractivity (Wildman–Crippen MR) is 81.3 cm³/mol. The Morgan fingerprint density at radius 1 is 1.11 bits per heavy atom. The summed E-state index contributed by atoms with van der Waals surface area (Å²) in [6, 6.07) is 10.3. The van der Waals surface area contributed by atoms with Crippen LogP contribution in [-0.4, -0.2) is 16.5 Å². The van der Waals surface area contributed by atoms with Gasteiger partial charge in [-0.25, -0.2) is 9.97 Å². The van der Waals surface area contributed by atoms with Crippen LogP contribution in [0.3, 0.4) is 0 Å². The second kappa shape index (κ2) is 5.24. The average molecular weight is 270 g/mol. The fraction of sp³-hybridized carbons (Fsp3) is 0.143. The van der Waals surface area contributed by atoms with Gasteiger partial charge < -0.3 is 10.6 Å². The van der Waals surface area contributed by atoms with Crippen molar-refractivity contribution in [1.29, 1.82) is 0 Å². The summed E-state index contributed by atoms with van der Waals surface area (Å²) in [5.41, 5.74) is 1.03. The van der Waals surface area contributed by atoms with Gasteiger partial charge in [0.05, 0.1) is 0 Å². The van der Waals surface area contributed by atoms with Crippen LogP contribution in [-0.2, 0) is 0 Å². The molecule has 2 N–H and O–H groups in total. The number of hydrogen-bond acceptors (Lipinski definition) is 5. The maximum atomic E-state index is 4.23. The molecule has 1 aromatic carbocycles. The number of benzene rings is 1. The third-order valence-corrected chi connectivity index (χ3v) is 3.65. The Balaban J connectivity index is 1.85. The molecule has 96 valence electrons. The van der Waals surface area contributed by atoms with Crippen molar-refractivity contribution in [2.24, 2.45) is 0 Å². The van der Waals surface area contributed by atoms with Crippen molar-refractivity contribution >= 4 is 38.7 Å². The number of aromatic nitrogens is 2. The first-order valence-corrected chi connectivity index (χ1v) is 7.03. The minimum atomic E-state index is 0.792. The summed E-state index contributed by atoms with van der Waals surface area (Å²) in [7, 11) is 0. The Hall–Kier alpha value is -2.14. The third kappa shape index (κ3) is 2.66. The highest BCUT2D eigenvalue weighted by Crippen LogP contribution is 2.25. The van der Waals surface area contributed by atoms with Crippen LogP contribution in [0, 0.1) is 0 Å². The molecule has 0 aliphatic carbocycles. The van der Waals surface area contributed by atoms with Crippen LogP contribution < -0.4 is 10.6 Å². The van der Waals surface area contributed by atoms with Gasteiger partial charge in [0.15, 0.2) is 0 Å². The van der Waals surface area contributed by atoms with Gasteiger partial charge in [-0.1, -0.05) is 0 Å². The second-order valence-corrected chi connectivity index (χ2v) is 5.06. The van der Waals surface area contributed by atoms with Crippen LogP contribution in [0.4, 0.5) is 17.3 Å². The van der Waals surface area contributed by atoms with E-state index in [1.807, 2.05) is 13.0 Å². The van der Waals surface area contributed by atoms with Crippen molar-refractivity contribution in [3.05, 3.63) is 42.0 Å². The maximum absolute atomic E-state index is 4.23. The molecule has 0 fully saturated rings. The topological polar surface area (TPSA) is 49.8 Å². The SMILES string of the molecule is CCNc1cc(Nc2ccc3sccc3c2)ncn1. The van der Waals surface area contributed by atoms with Gasteiger partial charge in [0.25, 0.3) is 0 Å². The first kappa shape index (κ1) is 11.9. The molecule has 0 aliphatic heterocycles. The van der Waals surface area contributed by atoms with Crippen LogP contribution in [0.25, 0.3) is 10.1 Å². The summed E-state index contributed by atoms with van der Waals surface area (Å²) in [4.78, 5) is 8.38. The largest absolute Gasteiger partial charge is 0.370 e. The van der Waals surface area contributed by atoms with E-state index in [2.05, 4.69) is 50.2 Å². The van der Waals surface area contributed by atoms with Crippen molar-refractivity contribution < 1.29 is 0 Å². The highest BCUT2D eigenvalue weighted by molar-refractivity contribution is 7.17. The molecule has 5 heteroatoms. The van der Waals surface area contributed by atoms with Crippen LogP contribution in [0.15, 0.2) is 42.0 Å². The number of hydrogen-bond donors (Lipinski definition) is 2. The highest BCUT2D eigenvalue weighted by Gasteiger charge is 2.01. The normalized spacial score (nSPS) is 10.6. The molecule has 3 aromatic rings.